The van der Waals surface area contributed by atoms with Crippen molar-refractivity contribution in [3.05, 3.63) is 35.4 Å². The van der Waals surface area contributed by atoms with E-state index in [1.807, 2.05) is 17.0 Å². The molecule has 2 amide bonds. The molecule has 6 heteroatoms. The van der Waals surface area contributed by atoms with Gasteiger partial charge in [0.1, 0.15) is 6.04 Å². The smallest absolute Gasteiger partial charge is 0.243 e. The second-order valence-electron chi connectivity index (χ2n) is 8.92. The largest absolute Gasteiger partial charge is 0.351 e. The number of hydrogen-bond acceptors (Lipinski definition) is 3. The number of benzene rings is 1. The van der Waals surface area contributed by atoms with Crippen LogP contribution < -0.4 is 10.6 Å². The summed E-state index contributed by atoms with van der Waals surface area (Å²) in [7, 11) is 0. The average Bonchev–Trinajstić information content (AvgIpc) is 2.98. The number of rotatable bonds is 4. The molecule has 5 nitrogen and oxygen atoms in total. The van der Waals surface area contributed by atoms with Crippen LogP contribution in [0.15, 0.2) is 24.3 Å². The molecule has 0 aliphatic carbocycles. The lowest BCUT2D eigenvalue weighted by Gasteiger charge is -2.38. The normalized spacial score (nSPS) is 28.5. The van der Waals surface area contributed by atoms with Crippen molar-refractivity contribution >= 4 is 24.2 Å². The molecule has 28 heavy (non-hydrogen) atoms. The van der Waals surface area contributed by atoms with Crippen molar-refractivity contribution in [2.45, 2.75) is 83.1 Å². The fourth-order valence-corrected chi connectivity index (χ4v) is 4.96. The first-order valence-corrected chi connectivity index (χ1v) is 10.4. The van der Waals surface area contributed by atoms with Crippen molar-refractivity contribution in [3.8, 4) is 0 Å². The Labute approximate surface area is 174 Å². The third kappa shape index (κ3) is 4.52. The highest BCUT2D eigenvalue weighted by molar-refractivity contribution is 5.88. The van der Waals surface area contributed by atoms with Gasteiger partial charge in [-0.25, -0.2) is 0 Å². The first kappa shape index (κ1) is 21.1. The highest BCUT2D eigenvalue weighted by Gasteiger charge is 2.38. The van der Waals surface area contributed by atoms with E-state index in [0.717, 1.165) is 12.8 Å². The lowest BCUT2D eigenvalue weighted by atomic mass is 9.92. The topological polar surface area (TPSA) is 61.4 Å². The van der Waals surface area contributed by atoms with Crippen LogP contribution in [-0.2, 0) is 22.6 Å². The molecule has 3 aliphatic heterocycles. The number of carbonyl (C=O) groups is 2. The van der Waals surface area contributed by atoms with Crippen LogP contribution in [0.3, 0.4) is 0 Å². The predicted octanol–water partition coefficient (Wildman–Crippen LogP) is 2.81. The molecule has 4 rings (SSSR count). The van der Waals surface area contributed by atoms with Gasteiger partial charge in [-0.15, -0.1) is 12.4 Å². The minimum Gasteiger partial charge on any atom is -0.351 e. The number of nitrogens with one attached hydrogen (secondary N) is 2. The molecule has 2 saturated heterocycles. The highest BCUT2D eigenvalue weighted by Crippen LogP contribution is 2.28. The molecule has 0 saturated carbocycles. The second-order valence-corrected chi connectivity index (χ2v) is 8.92. The molecule has 2 bridgehead atoms. The predicted molar refractivity (Wildman–Crippen MR) is 112 cm³/mol. The van der Waals surface area contributed by atoms with E-state index in [-0.39, 0.29) is 30.3 Å². The summed E-state index contributed by atoms with van der Waals surface area (Å²) < 4.78 is 0. The van der Waals surface area contributed by atoms with Crippen LogP contribution in [0.1, 0.15) is 57.1 Å². The summed E-state index contributed by atoms with van der Waals surface area (Å²) >= 11 is 0. The maximum atomic E-state index is 13.2. The van der Waals surface area contributed by atoms with Gasteiger partial charge in [-0.05, 0) is 42.7 Å². The van der Waals surface area contributed by atoms with E-state index in [4.69, 9.17) is 0 Å². The Balaban J connectivity index is 0.00000225. The Morgan fingerprint density at radius 3 is 2.43 bits per heavy atom. The zero-order valence-electron chi connectivity index (χ0n) is 16.8. The lowest BCUT2D eigenvalue weighted by molar-refractivity contribution is -0.142. The number of carbonyl (C=O) groups excluding carboxylic acids is 2. The van der Waals surface area contributed by atoms with Gasteiger partial charge in [-0.2, -0.15) is 0 Å². The molecule has 1 aromatic carbocycles. The van der Waals surface area contributed by atoms with Crippen molar-refractivity contribution in [2.24, 2.45) is 5.92 Å². The SMILES string of the molecule is CC(C)CC(=O)N1Cc2ccccc2CC1C(=O)NC1CC2CCC(C1)N2.Cl. The van der Waals surface area contributed by atoms with Gasteiger partial charge in [0.05, 0.1) is 0 Å². The molecule has 3 unspecified atom stereocenters. The maximum absolute atomic E-state index is 13.2. The standard InChI is InChI=1S/C22H31N3O2.ClH/c1-14(2)9-21(26)25-13-16-6-4-3-5-15(16)10-20(25)22(27)24-19-11-17-7-8-18(12-19)23-17;/h3-6,14,17-20,23H,7-13H2,1-2H3,(H,24,27);1H. The molecule has 154 valence electrons. The molecule has 3 aliphatic rings. The fraction of sp³-hybridized carbons (Fsp3) is 0.636. The molecular formula is C22H32ClN3O2. The van der Waals surface area contributed by atoms with Crippen molar-refractivity contribution in [3.63, 3.8) is 0 Å². The van der Waals surface area contributed by atoms with Gasteiger partial charge >= 0.3 is 0 Å². The quantitative estimate of drug-likeness (QED) is 0.809. The second kappa shape index (κ2) is 8.83. The summed E-state index contributed by atoms with van der Waals surface area (Å²) in [5.74, 6) is 0.399. The van der Waals surface area contributed by atoms with E-state index in [2.05, 4.69) is 36.6 Å². The Bertz CT molecular complexity index is 711. The summed E-state index contributed by atoms with van der Waals surface area (Å²) in [5.41, 5.74) is 2.36. The summed E-state index contributed by atoms with van der Waals surface area (Å²) in [5, 5.41) is 6.90. The monoisotopic (exact) mass is 405 g/mol. The van der Waals surface area contributed by atoms with Gasteiger partial charge < -0.3 is 15.5 Å². The molecule has 0 aromatic heterocycles. The first-order valence-electron chi connectivity index (χ1n) is 10.4. The van der Waals surface area contributed by atoms with Crippen molar-refractivity contribution in [1.82, 2.24) is 15.5 Å². The zero-order valence-corrected chi connectivity index (χ0v) is 17.6. The molecular weight excluding hydrogens is 374 g/mol. The highest BCUT2D eigenvalue weighted by atomic mass is 35.5. The molecule has 1 aromatic rings. The van der Waals surface area contributed by atoms with Crippen LogP contribution in [-0.4, -0.2) is 40.9 Å². The number of piperidine rings is 1. The Morgan fingerprint density at radius 2 is 1.79 bits per heavy atom. The molecule has 0 radical (unpaired) electrons. The zero-order chi connectivity index (χ0) is 19.0. The molecule has 3 heterocycles. The minimum absolute atomic E-state index is 0. The third-order valence-electron chi connectivity index (χ3n) is 6.27. The van der Waals surface area contributed by atoms with Gasteiger partial charge in [0.2, 0.25) is 11.8 Å². The number of halogens is 1. The number of amides is 2. The first-order chi connectivity index (χ1) is 13.0. The van der Waals surface area contributed by atoms with E-state index >= 15 is 0 Å². The fourth-order valence-electron chi connectivity index (χ4n) is 4.96. The number of fused-ring (bicyclic) bond motifs is 3. The number of hydrogen-bond donors (Lipinski definition) is 2. The van der Waals surface area contributed by atoms with Crippen molar-refractivity contribution < 1.29 is 9.59 Å². The average molecular weight is 406 g/mol. The van der Waals surface area contributed by atoms with Crippen LogP contribution in [0, 0.1) is 5.92 Å². The van der Waals surface area contributed by atoms with E-state index in [1.165, 1.54) is 24.0 Å². The maximum Gasteiger partial charge on any atom is 0.243 e. The Hall–Kier alpha value is -1.59. The van der Waals surface area contributed by atoms with Crippen LogP contribution in [0.25, 0.3) is 0 Å². The van der Waals surface area contributed by atoms with Gasteiger partial charge in [0, 0.05) is 37.5 Å². The van der Waals surface area contributed by atoms with Gasteiger partial charge in [-0.1, -0.05) is 38.1 Å². The van der Waals surface area contributed by atoms with Crippen LogP contribution in [0.5, 0.6) is 0 Å². The van der Waals surface area contributed by atoms with Crippen LogP contribution >= 0.6 is 12.4 Å². The van der Waals surface area contributed by atoms with Gasteiger partial charge in [0.15, 0.2) is 0 Å². The minimum atomic E-state index is -0.390. The molecule has 0 spiro atoms. The van der Waals surface area contributed by atoms with E-state index < -0.39 is 6.04 Å². The van der Waals surface area contributed by atoms with E-state index in [0.29, 0.717) is 37.4 Å². The van der Waals surface area contributed by atoms with Crippen LogP contribution in [0.4, 0.5) is 0 Å². The Kier molecular flexibility index (Phi) is 6.66. The number of nitrogens with zero attached hydrogens (tertiary/aromatic N) is 1. The molecule has 2 fully saturated rings. The third-order valence-corrected chi connectivity index (χ3v) is 6.27. The molecule has 3 atom stereocenters. The van der Waals surface area contributed by atoms with Crippen LogP contribution in [0.2, 0.25) is 0 Å². The van der Waals surface area contributed by atoms with E-state index in [9.17, 15) is 9.59 Å². The van der Waals surface area contributed by atoms with Gasteiger partial charge in [-0.3, -0.25) is 9.59 Å². The Morgan fingerprint density at radius 1 is 1.14 bits per heavy atom. The lowest BCUT2D eigenvalue weighted by Crippen LogP contribution is -2.56. The summed E-state index contributed by atoms with van der Waals surface area (Å²) in [6.45, 7) is 4.64. The van der Waals surface area contributed by atoms with E-state index in [1.54, 1.807) is 0 Å². The molecule has 2 N–H and O–H groups in total. The summed E-state index contributed by atoms with van der Waals surface area (Å²) in [4.78, 5) is 27.9. The van der Waals surface area contributed by atoms with Gasteiger partial charge in [0.25, 0.3) is 0 Å². The van der Waals surface area contributed by atoms with Crippen molar-refractivity contribution in [1.29, 1.82) is 0 Å². The summed E-state index contributed by atoms with van der Waals surface area (Å²) in [6, 6.07) is 9.11. The van der Waals surface area contributed by atoms with Crippen molar-refractivity contribution in [2.75, 3.05) is 0 Å². The summed E-state index contributed by atoms with van der Waals surface area (Å²) in [6.07, 6.45) is 5.55.